The van der Waals surface area contributed by atoms with Gasteiger partial charge in [0, 0.05) is 41.7 Å². The van der Waals surface area contributed by atoms with E-state index in [4.69, 9.17) is 4.98 Å². The van der Waals surface area contributed by atoms with Gasteiger partial charge in [-0.1, -0.05) is 39.0 Å². The normalized spacial score (nSPS) is 28.9. The highest BCUT2D eigenvalue weighted by atomic mass is 32.2. The zero-order chi connectivity index (χ0) is 25.3. The van der Waals surface area contributed by atoms with Crippen LogP contribution in [0.1, 0.15) is 55.1 Å². The van der Waals surface area contributed by atoms with Crippen LogP contribution in [-0.2, 0) is 17.0 Å². The van der Waals surface area contributed by atoms with E-state index in [-0.39, 0.29) is 35.0 Å². The predicted molar refractivity (Wildman–Crippen MR) is 146 cm³/mol. The number of thioether (sulfide) groups is 1. The molecule has 1 aromatic carbocycles. The number of fused-ring (bicyclic) bond motifs is 2. The number of carbonyl (C=O) groups excluding carboxylic acids is 1. The van der Waals surface area contributed by atoms with Crippen molar-refractivity contribution < 1.29 is 9.90 Å². The number of nitrogens with zero attached hydrogens (tertiary/aromatic N) is 3. The van der Waals surface area contributed by atoms with E-state index in [9.17, 15) is 9.90 Å². The monoisotopic (exact) mass is 515 g/mol. The predicted octanol–water partition coefficient (Wildman–Crippen LogP) is 5.14. The van der Waals surface area contributed by atoms with Gasteiger partial charge in [0.15, 0.2) is 0 Å². The average molecular weight is 516 g/mol. The van der Waals surface area contributed by atoms with Gasteiger partial charge in [-0.2, -0.15) is 0 Å². The van der Waals surface area contributed by atoms with E-state index in [0.717, 1.165) is 31.6 Å². The van der Waals surface area contributed by atoms with E-state index >= 15 is 0 Å². The van der Waals surface area contributed by atoms with Crippen molar-refractivity contribution in [2.45, 2.75) is 62.7 Å². The molecule has 7 heteroatoms. The maximum Gasteiger partial charge on any atom is 0.225 e. The summed E-state index contributed by atoms with van der Waals surface area (Å²) in [6, 6.07) is 10.5. The van der Waals surface area contributed by atoms with Gasteiger partial charge in [-0.15, -0.1) is 23.1 Å². The lowest BCUT2D eigenvalue weighted by molar-refractivity contribution is -0.143. The molecule has 1 aromatic heterocycles. The van der Waals surface area contributed by atoms with E-state index in [2.05, 4.69) is 43.0 Å². The first-order valence-corrected chi connectivity index (χ1v) is 14.6. The largest absolute Gasteiger partial charge is 0.392 e. The Kier molecular flexibility index (Phi) is 8.31. The van der Waals surface area contributed by atoms with Crippen molar-refractivity contribution in [3.63, 3.8) is 0 Å². The van der Waals surface area contributed by atoms with Gasteiger partial charge in [-0.3, -0.25) is 4.79 Å². The Labute approximate surface area is 219 Å². The maximum atomic E-state index is 13.2. The molecule has 4 rings (SSSR count). The molecular weight excluding hydrogens is 474 g/mol. The van der Waals surface area contributed by atoms with Crippen molar-refractivity contribution >= 4 is 29.0 Å². The number of hydrogen-bond donors (Lipinski definition) is 1. The van der Waals surface area contributed by atoms with Gasteiger partial charge >= 0.3 is 0 Å². The summed E-state index contributed by atoms with van der Waals surface area (Å²) in [6.45, 7) is 8.17. The van der Waals surface area contributed by atoms with Crippen LogP contribution in [0.3, 0.4) is 0 Å². The minimum Gasteiger partial charge on any atom is -0.392 e. The Hall–Kier alpha value is -1.41. The van der Waals surface area contributed by atoms with Gasteiger partial charge in [-0.05, 0) is 62.7 Å². The topological polar surface area (TPSA) is 56.7 Å². The smallest absolute Gasteiger partial charge is 0.225 e. The number of thiazole rings is 1. The number of rotatable bonds is 8. The molecule has 1 heterocycles. The SMILES string of the molecule is C[C@H](C(=O)N(C)CCN(C)C)[C@H]1CC[C@@]2(C)Cc3sc(CSc4ccccc4)nc3[C@@H](C)[C@@H]2[C@H]1O. The quantitative estimate of drug-likeness (QED) is 0.493. The Morgan fingerprint density at radius 2 is 1.97 bits per heavy atom. The highest BCUT2D eigenvalue weighted by Crippen LogP contribution is 2.57. The number of amides is 1. The zero-order valence-corrected chi connectivity index (χ0v) is 23.7. The molecule has 0 saturated heterocycles. The summed E-state index contributed by atoms with van der Waals surface area (Å²) in [6.07, 6.45) is 2.45. The van der Waals surface area contributed by atoms with Crippen LogP contribution < -0.4 is 0 Å². The van der Waals surface area contributed by atoms with Crippen molar-refractivity contribution in [3.05, 3.63) is 45.9 Å². The minimum absolute atomic E-state index is 0.00174. The standard InChI is InChI=1S/C28H41N3O2S2/c1-18(27(33)31(6)15-14-30(4)5)21-12-13-28(3)16-22-25(19(2)24(28)26(21)32)29-23(35-22)17-34-20-10-8-7-9-11-20/h7-11,18-19,21,24,26,32H,12-17H2,1-6H3/t18-,19-,21+,24+,26-,28-/m0/s1. The minimum atomic E-state index is -0.484. The maximum absolute atomic E-state index is 13.2. The molecule has 6 atom stereocenters. The third-order valence-electron chi connectivity index (χ3n) is 8.36. The molecule has 1 saturated carbocycles. The Balaban J connectivity index is 1.48. The zero-order valence-electron chi connectivity index (χ0n) is 22.0. The first kappa shape index (κ1) is 26.6. The fraction of sp³-hybridized carbons (Fsp3) is 0.643. The summed E-state index contributed by atoms with van der Waals surface area (Å²) in [7, 11) is 5.94. The van der Waals surface area contributed by atoms with E-state index in [1.807, 2.05) is 62.1 Å². The van der Waals surface area contributed by atoms with Crippen LogP contribution >= 0.6 is 23.1 Å². The van der Waals surface area contributed by atoms with Crippen LogP contribution in [0.15, 0.2) is 35.2 Å². The van der Waals surface area contributed by atoms with Gasteiger partial charge in [0.1, 0.15) is 5.01 Å². The summed E-state index contributed by atoms with van der Waals surface area (Å²) >= 11 is 3.69. The lowest BCUT2D eigenvalue weighted by Crippen LogP contribution is -2.53. The van der Waals surface area contributed by atoms with Crippen LogP contribution in [0.5, 0.6) is 0 Å². The van der Waals surface area contributed by atoms with Crippen LogP contribution in [0.2, 0.25) is 0 Å². The summed E-state index contributed by atoms with van der Waals surface area (Å²) in [4.78, 5) is 24.9. The van der Waals surface area contributed by atoms with Gasteiger partial charge in [0.05, 0.1) is 17.6 Å². The second-order valence-corrected chi connectivity index (χ2v) is 13.4. The third kappa shape index (κ3) is 5.63. The van der Waals surface area contributed by atoms with E-state index in [1.54, 1.807) is 0 Å². The summed E-state index contributed by atoms with van der Waals surface area (Å²) in [5.41, 5.74) is 1.24. The van der Waals surface area contributed by atoms with E-state index in [1.165, 1.54) is 20.5 Å². The summed E-state index contributed by atoms with van der Waals surface area (Å²) in [5, 5.41) is 12.9. The van der Waals surface area contributed by atoms with Gasteiger partial charge < -0.3 is 14.9 Å². The number of likely N-dealkylation sites (N-methyl/N-ethyl adjacent to an activating group) is 2. The molecule has 2 aliphatic rings. The first-order valence-electron chi connectivity index (χ1n) is 12.8. The van der Waals surface area contributed by atoms with Crippen molar-refractivity contribution in [1.29, 1.82) is 0 Å². The molecule has 192 valence electrons. The number of hydrogen-bond acceptors (Lipinski definition) is 6. The molecule has 0 bridgehead atoms. The van der Waals surface area contributed by atoms with Gasteiger partial charge in [0.2, 0.25) is 5.91 Å². The number of aliphatic hydroxyl groups is 1. The lowest BCUT2D eigenvalue weighted by atomic mass is 9.53. The van der Waals surface area contributed by atoms with Gasteiger partial charge in [0.25, 0.3) is 0 Å². The molecule has 0 radical (unpaired) electrons. The molecular formula is C28H41N3O2S2. The molecule has 1 N–H and O–H groups in total. The number of aromatic nitrogens is 1. The molecule has 35 heavy (non-hydrogen) atoms. The van der Waals surface area contributed by atoms with E-state index < -0.39 is 6.10 Å². The summed E-state index contributed by atoms with van der Waals surface area (Å²) < 4.78 is 0. The van der Waals surface area contributed by atoms with Crippen molar-refractivity contribution in [3.8, 4) is 0 Å². The number of aliphatic hydroxyl groups excluding tert-OH is 1. The van der Waals surface area contributed by atoms with Crippen LogP contribution in [0.25, 0.3) is 0 Å². The summed E-state index contributed by atoms with van der Waals surface area (Å²) in [5.74, 6) is 1.18. The molecule has 0 aliphatic heterocycles. The highest BCUT2D eigenvalue weighted by Gasteiger charge is 2.54. The number of benzene rings is 1. The Morgan fingerprint density at radius 1 is 1.26 bits per heavy atom. The molecule has 1 fully saturated rings. The van der Waals surface area contributed by atoms with Crippen molar-refractivity contribution in [1.82, 2.24) is 14.8 Å². The Bertz CT molecular complexity index is 1010. The molecule has 1 amide bonds. The second kappa shape index (κ2) is 10.9. The van der Waals surface area contributed by atoms with Crippen LogP contribution in [0.4, 0.5) is 0 Å². The number of carbonyl (C=O) groups is 1. The van der Waals surface area contributed by atoms with Crippen LogP contribution in [-0.4, -0.2) is 66.1 Å². The lowest BCUT2D eigenvalue weighted by Gasteiger charge is -2.53. The molecule has 0 spiro atoms. The highest BCUT2D eigenvalue weighted by molar-refractivity contribution is 7.98. The van der Waals surface area contributed by atoms with Crippen molar-refractivity contribution in [2.24, 2.45) is 23.2 Å². The molecule has 2 aromatic rings. The fourth-order valence-corrected chi connectivity index (χ4v) is 8.59. The van der Waals surface area contributed by atoms with Crippen molar-refractivity contribution in [2.75, 3.05) is 34.2 Å². The molecule has 0 unspecified atom stereocenters. The second-order valence-electron chi connectivity index (χ2n) is 11.2. The van der Waals surface area contributed by atoms with E-state index in [0.29, 0.717) is 6.54 Å². The molecule has 2 aliphatic carbocycles. The average Bonchev–Trinajstić information content (AvgIpc) is 3.23. The Morgan fingerprint density at radius 3 is 2.66 bits per heavy atom. The molecule has 5 nitrogen and oxygen atoms in total. The van der Waals surface area contributed by atoms with Crippen LogP contribution in [0, 0.1) is 23.2 Å². The first-order chi connectivity index (χ1) is 16.6. The third-order valence-corrected chi connectivity index (χ3v) is 10.6. The fourth-order valence-electron chi connectivity index (χ4n) is 6.31. The van der Waals surface area contributed by atoms with Gasteiger partial charge in [-0.25, -0.2) is 4.98 Å².